The third kappa shape index (κ3) is 1.94. The first-order valence-electron chi connectivity index (χ1n) is 3.07. The van der Waals surface area contributed by atoms with Gasteiger partial charge in [-0.15, -0.1) is 0 Å². The minimum atomic E-state index is -1.05. The van der Waals surface area contributed by atoms with Crippen molar-refractivity contribution in [3.63, 3.8) is 0 Å². The van der Waals surface area contributed by atoms with Crippen molar-refractivity contribution in [1.82, 2.24) is 0 Å². The lowest BCUT2D eigenvalue weighted by atomic mass is 10.1. The predicted octanol–water partition coefficient (Wildman–Crippen LogP) is 1.90. The van der Waals surface area contributed by atoms with Crippen molar-refractivity contribution < 1.29 is 5.11 Å². The quantitative estimate of drug-likeness (QED) is 0.650. The molecule has 2 nitrogen and oxygen atoms in total. The molecule has 0 aliphatic heterocycles. The summed E-state index contributed by atoms with van der Waals surface area (Å²) in [7, 11) is 0. The molecule has 0 aliphatic rings. The second-order valence-electron chi connectivity index (χ2n) is 2.08. The number of aliphatic hydroxyl groups excluding tert-OH is 1. The zero-order valence-electron chi connectivity index (χ0n) is 5.66. The van der Waals surface area contributed by atoms with Crippen LogP contribution in [0.15, 0.2) is 24.3 Å². The molecule has 3 heteroatoms. The first kappa shape index (κ1) is 8.06. The third-order valence-corrected chi connectivity index (χ3v) is 1.56. The van der Waals surface area contributed by atoms with Crippen molar-refractivity contribution in [2.75, 3.05) is 0 Å². The van der Waals surface area contributed by atoms with Crippen LogP contribution in [-0.2, 0) is 0 Å². The van der Waals surface area contributed by atoms with Gasteiger partial charge in [0.25, 0.3) is 0 Å². The van der Waals surface area contributed by atoms with E-state index in [1.165, 1.54) is 0 Å². The monoisotopic (exact) mass is 167 g/mol. The number of hydrogen-bond acceptors (Lipinski definition) is 2. The van der Waals surface area contributed by atoms with Crippen molar-refractivity contribution in [3.05, 3.63) is 34.9 Å². The number of benzene rings is 1. The van der Waals surface area contributed by atoms with Crippen LogP contribution in [0.5, 0.6) is 0 Å². The molecule has 1 rings (SSSR count). The molecule has 0 saturated heterocycles. The maximum atomic E-state index is 9.02. The molecule has 0 fully saturated rings. The van der Waals surface area contributed by atoms with Gasteiger partial charge in [-0.25, -0.2) is 0 Å². The fourth-order valence-corrected chi connectivity index (χ4v) is 0.846. The number of rotatable bonds is 1. The van der Waals surface area contributed by atoms with Crippen LogP contribution in [0.25, 0.3) is 0 Å². The summed E-state index contributed by atoms with van der Waals surface area (Å²) in [5, 5.41) is 17.9. The average molecular weight is 168 g/mol. The molecule has 56 valence electrons. The van der Waals surface area contributed by atoms with Gasteiger partial charge in [-0.3, -0.25) is 0 Å². The average Bonchev–Trinajstić information content (AvgIpc) is 2.05. The summed E-state index contributed by atoms with van der Waals surface area (Å²) in [5.41, 5.74) is 0.567. The van der Waals surface area contributed by atoms with Gasteiger partial charge in [0.15, 0.2) is 6.10 Å². The van der Waals surface area contributed by atoms with Crippen LogP contribution < -0.4 is 0 Å². The number of hydrogen-bond donors (Lipinski definition) is 1. The molecule has 0 saturated carbocycles. The molecule has 0 bridgehead atoms. The zero-order chi connectivity index (χ0) is 8.27. The summed E-state index contributed by atoms with van der Waals surface area (Å²) in [6.45, 7) is 0. The van der Waals surface area contributed by atoms with Crippen molar-refractivity contribution >= 4 is 11.6 Å². The summed E-state index contributed by atoms with van der Waals surface area (Å²) >= 11 is 5.60. The van der Waals surface area contributed by atoms with Crippen molar-refractivity contribution in [3.8, 4) is 6.07 Å². The van der Waals surface area contributed by atoms with E-state index in [0.717, 1.165) is 0 Å². The molecule has 0 heterocycles. The Labute approximate surface area is 69.7 Å². The maximum Gasteiger partial charge on any atom is 0.165 e. The molecule has 0 radical (unpaired) electrons. The van der Waals surface area contributed by atoms with Crippen molar-refractivity contribution in [1.29, 1.82) is 5.26 Å². The van der Waals surface area contributed by atoms with Crippen LogP contribution in [0.1, 0.15) is 11.7 Å². The standard InChI is InChI=1S/C8H6ClNO/c9-7-3-1-6(2-4-7)8(11)5-10/h1-4,8,11H/t8-/m1/s1. The van der Waals surface area contributed by atoms with Gasteiger partial charge in [-0.05, 0) is 17.7 Å². The second kappa shape index (κ2) is 3.38. The number of nitriles is 1. The lowest BCUT2D eigenvalue weighted by Crippen LogP contribution is -1.91. The van der Waals surface area contributed by atoms with Gasteiger partial charge in [-0.2, -0.15) is 5.26 Å². The van der Waals surface area contributed by atoms with Crippen LogP contribution in [0, 0.1) is 11.3 Å². The highest BCUT2D eigenvalue weighted by atomic mass is 35.5. The Hall–Kier alpha value is -1.04. The molecule has 1 atom stereocenters. The topological polar surface area (TPSA) is 44.0 Å². The molecule has 1 N–H and O–H groups in total. The zero-order valence-corrected chi connectivity index (χ0v) is 6.42. The van der Waals surface area contributed by atoms with Crippen molar-refractivity contribution in [2.45, 2.75) is 6.10 Å². The van der Waals surface area contributed by atoms with E-state index < -0.39 is 6.10 Å². The fraction of sp³-hybridized carbons (Fsp3) is 0.125. The lowest BCUT2D eigenvalue weighted by molar-refractivity contribution is 0.236. The van der Waals surface area contributed by atoms with E-state index in [2.05, 4.69) is 0 Å². The second-order valence-corrected chi connectivity index (χ2v) is 2.52. The highest BCUT2D eigenvalue weighted by Gasteiger charge is 2.03. The van der Waals surface area contributed by atoms with Gasteiger partial charge in [0, 0.05) is 5.02 Å². The largest absolute Gasteiger partial charge is 0.374 e. The number of halogens is 1. The van der Waals surface area contributed by atoms with Crippen LogP contribution in [0.4, 0.5) is 0 Å². The predicted molar refractivity (Wildman–Crippen MR) is 42.0 cm³/mol. The fourth-order valence-electron chi connectivity index (χ4n) is 0.720. The van der Waals surface area contributed by atoms with E-state index in [4.69, 9.17) is 22.0 Å². The Balaban J connectivity index is 2.92. The Morgan fingerprint density at radius 3 is 2.36 bits per heavy atom. The Morgan fingerprint density at radius 2 is 1.91 bits per heavy atom. The van der Waals surface area contributed by atoms with Gasteiger partial charge < -0.3 is 5.11 Å². The van der Waals surface area contributed by atoms with Crippen LogP contribution in [0.2, 0.25) is 5.02 Å². The summed E-state index contributed by atoms with van der Waals surface area (Å²) in [5.74, 6) is 0. The van der Waals surface area contributed by atoms with Crippen LogP contribution in [-0.4, -0.2) is 5.11 Å². The Bertz CT molecular complexity index is 275. The maximum absolute atomic E-state index is 9.02. The van der Waals surface area contributed by atoms with Crippen LogP contribution >= 0.6 is 11.6 Å². The SMILES string of the molecule is N#C[C@@H](O)c1ccc(Cl)cc1. The Kier molecular flexibility index (Phi) is 2.48. The first-order valence-corrected chi connectivity index (χ1v) is 3.45. The molecule has 0 unspecified atom stereocenters. The van der Waals surface area contributed by atoms with Gasteiger partial charge in [-0.1, -0.05) is 23.7 Å². The Morgan fingerprint density at radius 1 is 1.36 bits per heavy atom. The molecule has 0 spiro atoms. The van der Waals surface area contributed by atoms with E-state index in [9.17, 15) is 0 Å². The van der Waals surface area contributed by atoms with Gasteiger partial charge in [0.05, 0.1) is 6.07 Å². The summed E-state index contributed by atoms with van der Waals surface area (Å²) in [6.07, 6.45) is -1.05. The molecular weight excluding hydrogens is 162 g/mol. The van der Waals surface area contributed by atoms with E-state index in [-0.39, 0.29) is 0 Å². The minimum Gasteiger partial charge on any atom is -0.374 e. The van der Waals surface area contributed by atoms with E-state index in [1.807, 2.05) is 0 Å². The van der Waals surface area contributed by atoms with Crippen molar-refractivity contribution in [2.24, 2.45) is 0 Å². The summed E-state index contributed by atoms with van der Waals surface area (Å²) < 4.78 is 0. The minimum absolute atomic E-state index is 0.567. The summed E-state index contributed by atoms with van der Waals surface area (Å²) in [4.78, 5) is 0. The van der Waals surface area contributed by atoms with Gasteiger partial charge in [0.2, 0.25) is 0 Å². The van der Waals surface area contributed by atoms with Gasteiger partial charge in [0.1, 0.15) is 0 Å². The highest BCUT2D eigenvalue weighted by molar-refractivity contribution is 6.30. The highest BCUT2D eigenvalue weighted by Crippen LogP contribution is 2.15. The summed E-state index contributed by atoms with van der Waals surface area (Å²) in [6, 6.07) is 8.23. The molecule has 1 aromatic rings. The molecular formula is C8H6ClNO. The number of nitrogens with zero attached hydrogens (tertiary/aromatic N) is 1. The normalized spacial score (nSPS) is 12.1. The first-order chi connectivity index (χ1) is 5.24. The smallest absolute Gasteiger partial charge is 0.165 e. The van der Waals surface area contributed by atoms with E-state index in [0.29, 0.717) is 10.6 Å². The van der Waals surface area contributed by atoms with Gasteiger partial charge >= 0.3 is 0 Å². The number of aliphatic hydroxyl groups is 1. The van der Waals surface area contributed by atoms with E-state index in [1.54, 1.807) is 30.3 Å². The van der Waals surface area contributed by atoms with E-state index >= 15 is 0 Å². The third-order valence-electron chi connectivity index (χ3n) is 1.31. The lowest BCUT2D eigenvalue weighted by Gasteiger charge is -1.99. The molecule has 1 aromatic carbocycles. The van der Waals surface area contributed by atoms with Crippen LogP contribution in [0.3, 0.4) is 0 Å². The molecule has 0 aliphatic carbocycles. The molecule has 0 aromatic heterocycles. The molecule has 0 amide bonds. The molecule has 11 heavy (non-hydrogen) atoms.